The van der Waals surface area contributed by atoms with Crippen LogP contribution < -0.4 is 5.32 Å². The van der Waals surface area contributed by atoms with Gasteiger partial charge in [-0.25, -0.2) is 4.98 Å². The molecule has 1 aromatic carbocycles. The lowest BCUT2D eigenvalue weighted by Gasteiger charge is -2.29. The van der Waals surface area contributed by atoms with Crippen molar-refractivity contribution in [3.8, 4) is 11.4 Å². The molecule has 3 heterocycles. The van der Waals surface area contributed by atoms with Crippen molar-refractivity contribution in [2.75, 3.05) is 19.6 Å². The fourth-order valence-corrected chi connectivity index (χ4v) is 4.27. The molecule has 5 nitrogen and oxygen atoms in total. The minimum absolute atomic E-state index is 0.0720. The summed E-state index contributed by atoms with van der Waals surface area (Å²) in [6, 6.07) is 13.5. The highest BCUT2D eigenvalue weighted by molar-refractivity contribution is 9.10. The zero-order valence-corrected chi connectivity index (χ0v) is 18.2. The van der Waals surface area contributed by atoms with Gasteiger partial charge in [0.25, 0.3) is 5.91 Å². The molecular formula is C23H25BrN4O. The molecule has 1 aliphatic heterocycles. The number of likely N-dealkylation sites (tertiary alicyclic amines) is 1. The predicted octanol–water partition coefficient (Wildman–Crippen LogP) is 4.66. The van der Waals surface area contributed by atoms with E-state index < -0.39 is 0 Å². The van der Waals surface area contributed by atoms with Crippen molar-refractivity contribution >= 4 is 32.7 Å². The van der Waals surface area contributed by atoms with Gasteiger partial charge in [-0.3, -0.25) is 9.78 Å². The van der Waals surface area contributed by atoms with Gasteiger partial charge in [0.05, 0.1) is 22.5 Å². The minimum Gasteiger partial charge on any atom is -0.348 e. The number of rotatable bonds is 5. The molecule has 4 rings (SSSR count). The Morgan fingerprint density at radius 2 is 1.97 bits per heavy atom. The van der Waals surface area contributed by atoms with Crippen LogP contribution in [-0.2, 0) is 0 Å². The van der Waals surface area contributed by atoms with Crippen LogP contribution in [0, 0.1) is 0 Å². The molecule has 1 saturated heterocycles. The van der Waals surface area contributed by atoms with Crippen LogP contribution in [0.3, 0.4) is 0 Å². The fourth-order valence-electron chi connectivity index (χ4n) is 3.91. The Hall–Kier alpha value is -2.31. The number of piperidine rings is 1. The number of nitrogens with zero attached hydrogens (tertiary/aromatic N) is 3. The van der Waals surface area contributed by atoms with E-state index >= 15 is 0 Å². The van der Waals surface area contributed by atoms with Crippen molar-refractivity contribution < 1.29 is 4.79 Å². The van der Waals surface area contributed by atoms with Gasteiger partial charge in [-0.15, -0.1) is 0 Å². The average molecular weight is 453 g/mol. The number of aromatic nitrogens is 2. The molecule has 1 aliphatic rings. The number of hydrogen-bond acceptors (Lipinski definition) is 4. The molecule has 3 aromatic rings. The molecule has 1 amide bonds. The van der Waals surface area contributed by atoms with Gasteiger partial charge < -0.3 is 10.2 Å². The topological polar surface area (TPSA) is 58.1 Å². The highest BCUT2D eigenvalue weighted by Gasteiger charge is 2.19. The first-order chi connectivity index (χ1) is 14.1. The van der Waals surface area contributed by atoms with Crippen LogP contribution in [0.25, 0.3) is 22.3 Å². The summed E-state index contributed by atoms with van der Waals surface area (Å²) in [5, 5.41) is 4.02. The molecule has 1 fully saturated rings. The molecule has 6 heteroatoms. The van der Waals surface area contributed by atoms with E-state index in [-0.39, 0.29) is 11.9 Å². The summed E-state index contributed by atoms with van der Waals surface area (Å²) in [6.07, 6.45) is 5.54. The number of fused-ring (bicyclic) bond motifs is 1. The van der Waals surface area contributed by atoms with Gasteiger partial charge in [-0.05, 0) is 69.3 Å². The van der Waals surface area contributed by atoms with Crippen molar-refractivity contribution in [2.24, 2.45) is 0 Å². The number of hydrogen-bond donors (Lipinski definition) is 1. The average Bonchev–Trinajstić information content (AvgIpc) is 2.74. The van der Waals surface area contributed by atoms with E-state index in [9.17, 15) is 4.79 Å². The largest absolute Gasteiger partial charge is 0.348 e. The van der Waals surface area contributed by atoms with Crippen LogP contribution in [-0.4, -0.2) is 46.5 Å². The molecule has 0 unspecified atom stereocenters. The van der Waals surface area contributed by atoms with E-state index in [0.29, 0.717) is 11.3 Å². The van der Waals surface area contributed by atoms with Crippen LogP contribution in [0.5, 0.6) is 0 Å². The number of amides is 1. The fraction of sp³-hybridized carbons (Fsp3) is 0.348. The third kappa shape index (κ3) is 4.82. The third-order valence-corrected chi connectivity index (χ3v) is 5.79. The number of pyridine rings is 2. The molecule has 2 aromatic heterocycles. The molecule has 0 aliphatic carbocycles. The van der Waals surface area contributed by atoms with Gasteiger partial charge in [0.15, 0.2) is 0 Å². The van der Waals surface area contributed by atoms with Crippen LogP contribution in [0.4, 0.5) is 0 Å². The quantitative estimate of drug-likeness (QED) is 0.611. The number of benzene rings is 1. The van der Waals surface area contributed by atoms with E-state index in [1.54, 1.807) is 6.20 Å². The standard InChI is InChI=1S/C23H25BrN4O/c1-16(15-28-11-5-2-6-12-28)26-23(29)19-14-22(21-7-3-4-10-25-21)27-20-9-8-17(24)13-18(19)20/h3-4,7-10,13-14,16H,2,5-6,11-12,15H2,1H3,(H,26,29)/t16-/m1/s1. The number of carbonyl (C=O) groups is 1. The van der Waals surface area contributed by atoms with E-state index in [1.807, 2.05) is 42.5 Å². The Labute approximate surface area is 179 Å². The van der Waals surface area contributed by atoms with E-state index in [1.165, 1.54) is 19.3 Å². The van der Waals surface area contributed by atoms with Gasteiger partial charge >= 0.3 is 0 Å². The van der Waals surface area contributed by atoms with Gasteiger partial charge in [-0.2, -0.15) is 0 Å². The van der Waals surface area contributed by atoms with Crippen molar-refractivity contribution in [2.45, 2.75) is 32.2 Å². The molecule has 1 atom stereocenters. The maximum absolute atomic E-state index is 13.2. The second kappa shape index (κ2) is 9.01. The van der Waals surface area contributed by atoms with Gasteiger partial charge in [0.2, 0.25) is 0 Å². The first-order valence-electron chi connectivity index (χ1n) is 10.1. The number of carbonyl (C=O) groups excluding carboxylic acids is 1. The molecule has 29 heavy (non-hydrogen) atoms. The van der Waals surface area contributed by atoms with Crippen LogP contribution in [0.2, 0.25) is 0 Å². The van der Waals surface area contributed by atoms with Crippen LogP contribution >= 0.6 is 15.9 Å². The Balaban J connectivity index is 1.63. The van der Waals surface area contributed by atoms with Gasteiger partial charge in [-0.1, -0.05) is 28.4 Å². The lowest BCUT2D eigenvalue weighted by Crippen LogP contribution is -2.43. The molecule has 0 spiro atoms. The molecule has 0 saturated carbocycles. The number of nitrogens with one attached hydrogen (secondary N) is 1. The van der Waals surface area contributed by atoms with E-state index in [0.717, 1.165) is 40.7 Å². The Morgan fingerprint density at radius 3 is 2.72 bits per heavy atom. The van der Waals surface area contributed by atoms with Crippen molar-refractivity contribution in [3.63, 3.8) is 0 Å². The summed E-state index contributed by atoms with van der Waals surface area (Å²) in [7, 11) is 0. The SMILES string of the molecule is C[C@H](CN1CCCCC1)NC(=O)c1cc(-c2ccccn2)nc2ccc(Br)cc12. The zero-order valence-electron chi connectivity index (χ0n) is 16.6. The molecular weight excluding hydrogens is 428 g/mol. The van der Waals surface area contributed by atoms with Gasteiger partial charge in [0, 0.05) is 28.6 Å². The normalized spacial score (nSPS) is 15.9. The summed E-state index contributed by atoms with van der Waals surface area (Å²) in [5.74, 6) is -0.0720. The Bertz CT molecular complexity index is 1000. The Kier molecular flexibility index (Phi) is 6.21. The van der Waals surface area contributed by atoms with E-state index in [4.69, 9.17) is 4.98 Å². The molecule has 1 N–H and O–H groups in total. The summed E-state index contributed by atoms with van der Waals surface area (Å²) in [4.78, 5) is 24.8. The molecule has 150 valence electrons. The number of halogens is 1. The van der Waals surface area contributed by atoms with Crippen molar-refractivity contribution in [1.82, 2.24) is 20.2 Å². The first-order valence-corrected chi connectivity index (χ1v) is 10.9. The van der Waals surface area contributed by atoms with Crippen molar-refractivity contribution in [1.29, 1.82) is 0 Å². The smallest absolute Gasteiger partial charge is 0.252 e. The maximum atomic E-state index is 13.2. The van der Waals surface area contributed by atoms with Crippen LogP contribution in [0.1, 0.15) is 36.5 Å². The lowest BCUT2D eigenvalue weighted by molar-refractivity contribution is 0.0927. The minimum atomic E-state index is -0.0720. The second-order valence-corrected chi connectivity index (χ2v) is 8.58. The third-order valence-electron chi connectivity index (χ3n) is 5.30. The second-order valence-electron chi connectivity index (χ2n) is 7.67. The highest BCUT2D eigenvalue weighted by Crippen LogP contribution is 2.26. The van der Waals surface area contributed by atoms with Crippen LogP contribution in [0.15, 0.2) is 53.1 Å². The predicted molar refractivity (Wildman–Crippen MR) is 120 cm³/mol. The van der Waals surface area contributed by atoms with E-state index in [2.05, 4.69) is 38.1 Å². The molecule has 0 radical (unpaired) electrons. The van der Waals surface area contributed by atoms with Crippen molar-refractivity contribution in [3.05, 3.63) is 58.7 Å². The maximum Gasteiger partial charge on any atom is 0.252 e. The Morgan fingerprint density at radius 1 is 1.14 bits per heavy atom. The summed E-state index contributed by atoms with van der Waals surface area (Å²) >= 11 is 3.52. The van der Waals surface area contributed by atoms with Gasteiger partial charge in [0.1, 0.15) is 0 Å². The molecule has 0 bridgehead atoms. The highest BCUT2D eigenvalue weighted by atomic mass is 79.9. The summed E-state index contributed by atoms with van der Waals surface area (Å²) in [5.41, 5.74) is 2.87. The summed E-state index contributed by atoms with van der Waals surface area (Å²) < 4.78 is 0.924. The summed E-state index contributed by atoms with van der Waals surface area (Å²) in [6.45, 7) is 5.20. The zero-order chi connectivity index (χ0) is 20.2. The lowest BCUT2D eigenvalue weighted by atomic mass is 10.0. The first kappa shape index (κ1) is 20.0. The monoisotopic (exact) mass is 452 g/mol.